The van der Waals surface area contributed by atoms with E-state index in [0.717, 1.165) is 5.56 Å². The Labute approximate surface area is 176 Å². The van der Waals surface area contributed by atoms with Gasteiger partial charge in [-0.15, -0.1) is 5.10 Å². The van der Waals surface area contributed by atoms with Crippen molar-refractivity contribution < 1.29 is 14.6 Å². The Balaban J connectivity index is 2.11. The summed E-state index contributed by atoms with van der Waals surface area (Å²) < 4.78 is 7.32. The minimum atomic E-state index is -0.931. The van der Waals surface area contributed by atoms with E-state index >= 15 is 0 Å². The number of nitrogens with one attached hydrogen (secondary N) is 2. The first-order valence-corrected chi connectivity index (χ1v) is 9.82. The van der Waals surface area contributed by atoms with Crippen LogP contribution >= 0.6 is 0 Å². The molecule has 1 aromatic heterocycles. The number of β-amino-alcohol motifs (C(OH)–C–C–N with tert-alkyl or cyclic N) is 1. The molecule has 162 valence electrons. The maximum Gasteiger partial charge on any atom is 0.240 e. The fraction of sp³-hybridized carbons (Fsp3) is 0.550. The largest absolute Gasteiger partial charge is 0.392 e. The number of aryl methyl sites for hydroxylation is 1. The number of amides is 1. The topological polar surface area (TPSA) is 138 Å². The number of nitriles is 1. The van der Waals surface area contributed by atoms with Gasteiger partial charge in [-0.1, -0.05) is 30.3 Å². The molecule has 2 atom stereocenters. The zero-order valence-electron chi connectivity index (χ0n) is 17.6. The highest BCUT2D eigenvalue weighted by Gasteiger charge is 2.31. The molecule has 0 aliphatic rings. The van der Waals surface area contributed by atoms with Crippen LogP contribution in [0.4, 0.5) is 0 Å². The minimum Gasteiger partial charge on any atom is -0.392 e. The summed E-state index contributed by atoms with van der Waals surface area (Å²) in [6, 6.07) is 11.1. The number of carbonyl (C=O) groups excluding carboxylic acids is 1. The minimum absolute atomic E-state index is 0.153. The number of nitrogens with zero attached hydrogens (tertiary/aromatic N) is 5. The fourth-order valence-corrected chi connectivity index (χ4v) is 2.65. The van der Waals surface area contributed by atoms with Gasteiger partial charge >= 0.3 is 0 Å². The molecule has 0 aliphatic heterocycles. The number of aliphatic hydroxyl groups is 1. The molecule has 0 fully saturated rings. The van der Waals surface area contributed by atoms with Crippen LogP contribution in [-0.2, 0) is 22.7 Å². The van der Waals surface area contributed by atoms with Gasteiger partial charge in [0.2, 0.25) is 5.91 Å². The van der Waals surface area contributed by atoms with Gasteiger partial charge in [0.05, 0.1) is 43.9 Å². The quantitative estimate of drug-likeness (QED) is 0.461. The van der Waals surface area contributed by atoms with E-state index in [1.165, 1.54) is 4.68 Å². The lowest BCUT2D eigenvalue weighted by atomic mass is 10.0. The van der Waals surface area contributed by atoms with E-state index in [0.29, 0.717) is 19.0 Å². The predicted molar refractivity (Wildman–Crippen MR) is 109 cm³/mol. The average molecular weight is 415 g/mol. The Morgan fingerprint density at radius 1 is 1.37 bits per heavy atom. The van der Waals surface area contributed by atoms with Crippen LogP contribution in [0.15, 0.2) is 30.3 Å². The number of aliphatic hydroxyl groups excluding tert-OH is 1. The van der Waals surface area contributed by atoms with Crippen molar-refractivity contribution in [1.29, 1.82) is 5.26 Å². The molecule has 2 aromatic rings. The van der Waals surface area contributed by atoms with Crippen LogP contribution in [0.1, 0.15) is 44.6 Å². The van der Waals surface area contributed by atoms with Crippen molar-refractivity contribution in [1.82, 2.24) is 30.8 Å². The van der Waals surface area contributed by atoms with Crippen LogP contribution in [0.5, 0.6) is 0 Å². The Morgan fingerprint density at radius 3 is 2.77 bits per heavy atom. The van der Waals surface area contributed by atoms with Crippen LogP contribution in [0.25, 0.3) is 0 Å². The lowest BCUT2D eigenvalue weighted by Crippen LogP contribution is -2.55. The number of rotatable bonds is 12. The zero-order valence-corrected chi connectivity index (χ0v) is 17.6. The molecule has 10 nitrogen and oxygen atoms in total. The molecule has 0 saturated carbocycles. The average Bonchev–Trinajstić information content (AvgIpc) is 3.19. The van der Waals surface area contributed by atoms with Crippen molar-refractivity contribution >= 4 is 5.91 Å². The maximum absolute atomic E-state index is 12.9. The molecular formula is C20H29N7O3. The van der Waals surface area contributed by atoms with Gasteiger partial charge < -0.3 is 20.5 Å². The molecule has 2 rings (SSSR count). The van der Waals surface area contributed by atoms with Gasteiger partial charge in [-0.05, 0) is 36.8 Å². The van der Waals surface area contributed by atoms with Crippen molar-refractivity contribution in [3.05, 3.63) is 41.7 Å². The third-order valence-electron chi connectivity index (χ3n) is 4.42. The van der Waals surface area contributed by atoms with E-state index in [1.807, 2.05) is 30.3 Å². The van der Waals surface area contributed by atoms with E-state index in [4.69, 9.17) is 10.00 Å². The highest BCUT2D eigenvalue weighted by molar-refractivity contribution is 5.85. The molecule has 10 heteroatoms. The Kier molecular flexibility index (Phi) is 8.86. The van der Waals surface area contributed by atoms with E-state index in [1.54, 1.807) is 20.8 Å². The predicted octanol–water partition coefficient (Wildman–Crippen LogP) is 0.710. The number of carbonyl (C=O) groups is 1. The Bertz CT molecular complexity index is 830. The van der Waals surface area contributed by atoms with Crippen molar-refractivity contribution in [2.75, 3.05) is 13.2 Å². The van der Waals surface area contributed by atoms with Crippen LogP contribution in [0.3, 0.4) is 0 Å². The molecule has 0 unspecified atom stereocenters. The second-order valence-electron chi connectivity index (χ2n) is 7.55. The molecule has 0 spiro atoms. The highest BCUT2D eigenvalue weighted by atomic mass is 16.5. The summed E-state index contributed by atoms with van der Waals surface area (Å²) in [4.78, 5) is 12.9. The number of tetrazole rings is 1. The molecule has 3 N–H and O–H groups in total. The van der Waals surface area contributed by atoms with Gasteiger partial charge in [0, 0.05) is 6.54 Å². The van der Waals surface area contributed by atoms with Crippen LogP contribution in [-0.4, -0.2) is 56.0 Å². The highest BCUT2D eigenvalue weighted by Crippen LogP contribution is 2.14. The fourth-order valence-electron chi connectivity index (χ4n) is 2.65. The van der Waals surface area contributed by atoms with E-state index in [9.17, 15) is 9.90 Å². The van der Waals surface area contributed by atoms with Gasteiger partial charge in [-0.25, -0.2) is 4.68 Å². The maximum atomic E-state index is 12.9. The van der Waals surface area contributed by atoms with Crippen molar-refractivity contribution in [3.8, 4) is 6.07 Å². The first-order chi connectivity index (χ1) is 14.3. The number of ether oxygens (including phenoxy) is 1. The number of hydrogen-bond donors (Lipinski definition) is 3. The first-order valence-electron chi connectivity index (χ1n) is 9.82. The normalized spacial score (nSPS) is 13.4. The van der Waals surface area contributed by atoms with E-state index < -0.39 is 17.7 Å². The molecule has 1 amide bonds. The second-order valence-corrected chi connectivity index (χ2v) is 7.55. The third-order valence-corrected chi connectivity index (χ3v) is 4.42. The summed E-state index contributed by atoms with van der Waals surface area (Å²) in [5.74, 6) is 0.129. The van der Waals surface area contributed by atoms with Crippen molar-refractivity contribution in [2.24, 2.45) is 0 Å². The lowest BCUT2D eigenvalue weighted by Gasteiger charge is -2.28. The van der Waals surface area contributed by atoms with E-state index in [2.05, 4.69) is 32.2 Å². The van der Waals surface area contributed by atoms with Crippen LogP contribution in [0.2, 0.25) is 0 Å². The number of aromatic nitrogens is 4. The summed E-state index contributed by atoms with van der Waals surface area (Å²) in [6.45, 7) is 6.21. The van der Waals surface area contributed by atoms with Crippen LogP contribution in [0, 0.1) is 11.3 Å². The summed E-state index contributed by atoms with van der Waals surface area (Å²) in [5.41, 5.74) is 0.0742. The van der Waals surface area contributed by atoms with Gasteiger partial charge in [-0.3, -0.25) is 4.79 Å². The second kappa shape index (κ2) is 11.3. The lowest BCUT2D eigenvalue weighted by molar-refractivity contribution is -0.128. The molecule has 30 heavy (non-hydrogen) atoms. The molecule has 0 bridgehead atoms. The monoisotopic (exact) mass is 415 g/mol. The smallest absolute Gasteiger partial charge is 0.240 e. The van der Waals surface area contributed by atoms with Crippen molar-refractivity contribution in [2.45, 2.75) is 58.0 Å². The molecule has 0 radical (unpaired) electrons. The Morgan fingerprint density at radius 2 is 2.10 bits per heavy atom. The van der Waals surface area contributed by atoms with Crippen molar-refractivity contribution in [3.63, 3.8) is 0 Å². The molecular weight excluding hydrogens is 386 g/mol. The molecule has 0 aliphatic carbocycles. The molecule has 0 saturated heterocycles. The SMILES string of the molecule is C[C@@H](O)CNC(C)(C)C(=O)N[C@H](COCc1ccccc1)c1nnnn1CCC#N. The van der Waals surface area contributed by atoms with Gasteiger partial charge in [0.1, 0.15) is 6.04 Å². The number of benzene rings is 1. The summed E-state index contributed by atoms with van der Waals surface area (Å²) in [6.07, 6.45) is -0.342. The third kappa shape index (κ3) is 7.18. The van der Waals surface area contributed by atoms with Gasteiger partial charge in [0.15, 0.2) is 5.82 Å². The first kappa shape index (κ1) is 23.4. The summed E-state index contributed by atoms with van der Waals surface area (Å²) >= 11 is 0. The zero-order chi connectivity index (χ0) is 22.0. The molecule has 1 heterocycles. The Hall–Kier alpha value is -2.87. The summed E-state index contributed by atoms with van der Waals surface area (Å²) in [5, 5.41) is 36.0. The molecule has 1 aromatic carbocycles. The summed E-state index contributed by atoms with van der Waals surface area (Å²) in [7, 11) is 0. The van der Waals surface area contributed by atoms with Crippen LogP contribution < -0.4 is 10.6 Å². The number of hydrogen-bond acceptors (Lipinski definition) is 8. The van der Waals surface area contributed by atoms with Gasteiger partial charge in [-0.2, -0.15) is 5.26 Å². The van der Waals surface area contributed by atoms with E-state index in [-0.39, 0.29) is 25.5 Å². The standard InChI is InChI=1S/C20H29N7O3/c1-15(28)12-22-20(2,3)19(29)23-17(14-30-13-16-8-5-4-6-9-16)18-24-25-26-27(18)11-7-10-21/h4-6,8-9,15,17,22,28H,7,11-14H2,1-3H3,(H,23,29)/t15-,17-/m1/s1. The van der Waals surface area contributed by atoms with Gasteiger partial charge in [0.25, 0.3) is 0 Å².